The first-order chi connectivity index (χ1) is 8.15. The molecule has 1 saturated heterocycles. The minimum atomic E-state index is -0.150. The number of rotatable bonds is 3. The van der Waals surface area contributed by atoms with Gasteiger partial charge in [-0.25, -0.2) is 0 Å². The van der Waals surface area contributed by atoms with Gasteiger partial charge in [-0.3, -0.25) is 9.59 Å². The maximum atomic E-state index is 11.7. The summed E-state index contributed by atoms with van der Waals surface area (Å²) in [4.78, 5) is 24.6. The van der Waals surface area contributed by atoms with Crippen molar-refractivity contribution < 1.29 is 9.59 Å². The number of hydrogen-bond donors (Lipinski definition) is 1. The van der Waals surface area contributed by atoms with Crippen molar-refractivity contribution in [2.45, 2.75) is 12.8 Å². The van der Waals surface area contributed by atoms with E-state index in [1.165, 1.54) is 0 Å². The fourth-order valence-corrected chi connectivity index (χ4v) is 2.04. The average molecular weight is 297 g/mol. The smallest absolute Gasteiger partial charge is 0.243 e. The fourth-order valence-electron chi connectivity index (χ4n) is 1.78. The van der Waals surface area contributed by atoms with Gasteiger partial charge in [0.2, 0.25) is 11.8 Å². The first-order valence-corrected chi connectivity index (χ1v) is 6.27. The Labute approximate surface area is 108 Å². The molecule has 4 nitrogen and oxygen atoms in total. The molecule has 0 aromatic heterocycles. The summed E-state index contributed by atoms with van der Waals surface area (Å²) in [6.07, 6.45) is 1.41. The number of benzene rings is 1. The number of likely N-dealkylation sites (tertiary alicyclic amines) is 1. The molecule has 0 radical (unpaired) electrons. The minimum Gasteiger partial charge on any atom is -0.333 e. The quantitative estimate of drug-likeness (QED) is 0.928. The van der Waals surface area contributed by atoms with Crippen LogP contribution >= 0.6 is 15.9 Å². The Morgan fingerprint density at radius 1 is 1.35 bits per heavy atom. The molecule has 2 amide bonds. The van der Waals surface area contributed by atoms with E-state index in [1.807, 2.05) is 24.3 Å². The molecule has 1 aliphatic rings. The Morgan fingerprint density at radius 2 is 2.06 bits per heavy atom. The van der Waals surface area contributed by atoms with Crippen LogP contribution in [0.5, 0.6) is 0 Å². The highest BCUT2D eigenvalue weighted by Crippen LogP contribution is 2.14. The maximum absolute atomic E-state index is 11.7. The molecule has 1 aromatic carbocycles. The van der Waals surface area contributed by atoms with Crippen molar-refractivity contribution in [3.05, 3.63) is 28.7 Å². The lowest BCUT2D eigenvalue weighted by atomic mass is 10.3. The van der Waals surface area contributed by atoms with E-state index in [0.717, 1.165) is 16.6 Å². The van der Waals surface area contributed by atoms with E-state index in [2.05, 4.69) is 21.2 Å². The SMILES string of the molecule is O=C(CN1CCCC1=O)Nc1ccc(Br)cc1. The van der Waals surface area contributed by atoms with Crippen LogP contribution in [0.4, 0.5) is 5.69 Å². The van der Waals surface area contributed by atoms with E-state index in [1.54, 1.807) is 4.90 Å². The Balaban J connectivity index is 1.88. The number of hydrogen-bond acceptors (Lipinski definition) is 2. The van der Waals surface area contributed by atoms with Gasteiger partial charge < -0.3 is 10.2 Å². The molecule has 2 rings (SSSR count). The molecule has 0 bridgehead atoms. The molecule has 0 unspecified atom stereocenters. The van der Waals surface area contributed by atoms with Crippen LogP contribution in [-0.2, 0) is 9.59 Å². The molecule has 0 saturated carbocycles. The van der Waals surface area contributed by atoms with Crippen LogP contribution in [0.2, 0.25) is 0 Å². The molecule has 1 aliphatic heterocycles. The summed E-state index contributed by atoms with van der Waals surface area (Å²) in [5.74, 6) is -0.0847. The largest absolute Gasteiger partial charge is 0.333 e. The molecule has 0 spiro atoms. The van der Waals surface area contributed by atoms with Crippen molar-refractivity contribution in [3.8, 4) is 0 Å². The second-order valence-corrected chi connectivity index (χ2v) is 4.89. The van der Waals surface area contributed by atoms with E-state index < -0.39 is 0 Å². The second kappa shape index (κ2) is 5.31. The van der Waals surface area contributed by atoms with Gasteiger partial charge in [-0.2, -0.15) is 0 Å². The maximum Gasteiger partial charge on any atom is 0.243 e. The van der Waals surface area contributed by atoms with Gasteiger partial charge in [0.25, 0.3) is 0 Å². The number of anilines is 1. The van der Waals surface area contributed by atoms with Gasteiger partial charge in [-0.1, -0.05) is 15.9 Å². The van der Waals surface area contributed by atoms with Crippen molar-refractivity contribution in [1.29, 1.82) is 0 Å². The average Bonchev–Trinajstić information content (AvgIpc) is 2.68. The lowest BCUT2D eigenvalue weighted by Crippen LogP contribution is -2.33. The van der Waals surface area contributed by atoms with Gasteiger partial charge in [0.15, 0.2) is 0 Å². The number of carbonyl (C=O) groups is 2. The first kappa shape index (κ1) is 12.1. The van der Waals surface area contributed by atoms with Crippen LogP contribution in [0.3, 0.4) is 0 Å². The van der Waals surface area contributed by atoms with Crippen molar-refractivity contribution in [2.75, 3.05) is 18.4 Å². The van der Waals surface area contributed by atoms with Crippen LogP contribution in [0.15, 0.2) is 28.7 Å². The Bertz CT molecular complexity index is 431. The molecular weight excluding hydrogens is 284 g/mol. The summed E-state index contributed by atoms with van der Waals surface area (Å²) < 4.78 is 0.963. The van der Waals surface area contributed by atoms with Crippen molar-refractivity contribution in [2.24, 2.45) is 0 Å². The molecule has 1 heterocycles. The van der Waals surface area contributed by atoms with Gasteiger partial charge in [0.1, 0.15) is 0 Å². The number of nitrogens with one attached hydrogen (secondary N) is 1. The molecule has 1 N–H and O–H groups in total. The molecule has 17 heavy (non-hydrogen) atoms. The zero-order valence-corrected chi connectivity index (χ0v) is 10.9. The van der Waals surface area contributed by atoms with E-state index >= 15 is 0 Å². The predicted octanol–water partition coefficient (Wildman–Crippen LogP) is 2.01. The second-order valence-electron chi connectivity index (χ2n) is 3.97. The first-order valence-electron chi connectivity index (χ1n) is 5.48. The van der Waals surface area contributed by atoms with Gasteiger partial charge in [0.05, 0.1) is 6.54 Å². The Hall–Kier alpha value is -1.36. The monoisotopic (exact) mass is 296 g/mol. The van der Waals surface area contributed by atoms with Crippen molar-refractivity contribution in [1.82, 2.24) is 4.90 Å². The van der Waals surface area contributed by atoms with E-state index in [4.69, 9.17) is 0 Å². The molecule has 0 aliphatic carbocycles. The summed E-state index contributed by atoms with van der Waals surface area (Å²) in [5.41, 5.74) is 0.741. The molecule has 5 heteroatoms. The van der Waals surface area contributed by atoms with Crippen molar-refractivity contribution in [3.63, 3.8) is 0 Å². The Morgan fingerprint density at radius 3 is 2.65 bits per heavy atom. The highest BCUT2D eigenvalue weighted by atomic mass is 79.9. The fraction of sp³-hybridized carbons (Fsp3) is 0.333. The van der Waals surface area contributed by atoms with Crippen LogP contribution in [-0.4, -0.2) is 29.8 Å². The Kier molecular flexibility index (Phi) is 3.78. The topological polar surface area (TPSA) is 49.4 Å². The van der Waals surface area contributed by atoms with E-state index in [9.17, 15) is 9.59 Å². The van der Waals surface area contributed by atoms with E-state index in [-0.39, 0.29) is 18.4 Å². The number of nitrogens with zero attached hydrogens (tertiary/aromatic N) is 1. The molecule has 0 atom stereocenters. The van der Waals surface area contributed by atoms with Crippen LogP contribution in [0, 0.1) is 0 Å². The van der Waals surface area contributed by atoms with Crippen LogP contribution < -0.4 is 5.32 Å². The van der Waals surface area contributed by atoms with Crippen LogP contribution in [0.1, 0.15) is 12.8 Å². The zero-order chi connectivity index (χ0) is 12.3. The predicted molar refractivity (Wildman–Crippen MR) is 68.6 cm³/mol. The van der Waals surface area contributed by atoms with Gasteiger partial charge in [-0.05, 0) is 30.7 Å². The van der Waals surface area contributed by atoms with E-state index in [0.29, 0.717) is 13.0 Å². The number of halogens is 1. The molecule has 1 fully saturated rings. The molecule has 1 aromatic rings. The molecule has 90 valence electrons. The minimum absolute atomic E-state index is 0.0657. The van der Waals surface area contributed by atoms with Gasteiger partial charge >= 0.3 is 0 Å². The standard InChI is InChI=1S/C12H13BrN2O2/c13-9-3-5-10(6-4-9)14-11(16)8-15-7-1-2-12(15)17/h3-6H,1-2,7-8H2,(H,14,16). The zero-order valence-electron chi connectivity index (χ0n) is 9.28. The third-order valence-electron chi connectivity index (χ3n) is 2.63. The lowest BCUT2D eigenvalue weighted by molar-refractivity contribution is -0.131. The summed E-state index contributed by atoms with van der Waals surface area (Å²) in [6, 6.07) is 7.34. The number of amides is 2. The highest BCUT2D eigenvalue weighted by Gasteiger charge is 2.22. The third-order valence-corrected chi connectivity index (χ3v) is 3.16. The summed E-state index contributed by atoms with van der Waals surface area (Å²) in [6.45, 7) is 0.835. The third kappa shape index (κ3) is 3.30. The highest BCUT2D eigenvalue weighted by molar-refractivity contribution is 9.10. The number of carbonyl (C=O) groups excluding carboxylic acids is 2. The normalized spacial score (nSPS) is 15.1. The van der Waals surface area contributed by atoms with Crippen molar-refractivity contribution >= 4 is 33.4 Å². The summed E-state index contributed by atoms with van der Waals surface area (Å²) in [5, 5.41) is 2.76. The summed E-state index contributed by atoms with van der Waals surface area (Å²) in [7, 11) is 0. The lowest BCUT2D eigenvalue weighted by Gasteiger charge is -2.14. The van der Waals surface area contributed by atoms with Crippen LogP contribution in [0.25, 0.3) is 0 Å². The van der Waals surface area contributed by atoms with Gasteiger partial charge in [0, 0.05) is 23.1 Å². The molecular formula is C12H13BrN2O2. The van der Waals surface area contributed by atoms with Gasteiger partial charge in [-0.15, -0.1) is 0 Å². The summed E-state index contributed by atoms with van der Waals surface area (Å²) >= 11 is 3.32.